The maximum Gasteiger partial charge on any atom is 0.244 e. The second-order valence-corrected chi connectivity index (χ2v) is 10.2. The molecule has 0 aliphatic rings. The lowest BCUT2D eigenvalue weighted by Crippen LogP contribution is -2.30. The predicted octanol–water partition coefficient (Wildman–Crippen LogP) is 2.21. The Kier molecular flexibility index (Phi) is 7.22. The van der Waals surface area contributed by atoms with Crippen LogP contribution in [0.3, 0.4) is 0 Å². The number of aryl methyl sites for hydroxylation is 1. The molecule has 0 atom stereocenters. The summed E-state index contributed by atoms with van der Waals surface area (Å²) in [4.78, 5) is 0.270. The molecule has 7 nitrogen and oxygen atoms in total. The Hall–Kier alpha value is -1.94. The van der Waals surface area contributed by atoms with Gasteiger partial charge in [-0.3, -0.25) is 0 Å². The molecule has 2 aromatic carbocycles. The maximum atomic E-state index is 12.6. The molecule has 154 valence electrons. The third-order valence-electron chi connectivity index (χ3n) is 3.94. The van der Waals surface area contributed by atoms with Crippen molar-refractivity contribution in [3.05, 3.63) is 53.6 Å². The predicted molar refractivity (Wildman–Crippen MR) is 109 cm³/mol. The van der Waals surface area contributed by atoms with Gasteiger partial charge in [0, 0.05) is 12.6 Å². The van der Waals surface area contributed by atoms with Gasteiger partial charge in [-0.25, -0.2) is 26.3 Å². The van der Waals surface area contributed by atoms with Crippen LogP contribution in [0.2, 0.25) is 0 Å². The Morgan fingerprint density at radius 1 is 0.964 bits per heavy atom. The first-order valence-corrected chi connectivity index (χ1v) is 11.8. The number of ether oxygens (including phenoxy) is 1. The standard InChI is InChI=1S/C19H26N2O5S2/c1-14(2)21-27(22,23)17-8-6-16(7-9-17)11-12-20-28(24,25)19-13-15(3)5-10-18(19)26-4/h5-10,13-14,20-21H,11-12H2,1-4H3. The molecule has 0 saturated heterocycles. The minimum Gasteiger partial charge on any atom is -0.495 e. The van der Waals surface area contributed by atoms with E-state index in [1.54, 1.807) is 44.2 Å². The lowest BCUT2D eigenvalue weighted by atomic mass is 10.2. The molecule has 0 saturated carbocycles. The molecule has 9 heteroatoms. The molecule has 0 amide bonds. The molecule has 0 spiro atoms. The maximum absolute atomic E-state index is 12.6. The van der Waals surface area contributed by atoms with E-state index in [9.17, 15) is 16.8 Å². The van der Waals surface area contributed by atoms with Crippen LogP contribution in [0.4, 0.5) is 0 Å². The third-order valence-corrected chi connectivity index (χ3v) is 7.10. The highest BCUT2D eigenvalue weighted by atomic mass is 32.2. The summed E-state index contributed by atoms with van der Waals surface area (Å²) >= 11 is 0. The zero-order chi connectivity index (χ0) is 20.9. The Labute approximate surface area is 167 Å². The SMILES string of the molecule is COc1ccc(C)cc1S(=O)(=O)NCCc1ccc(S(=O)(=O)NC(C)C)cc1. The van der Waals surface area contributed by atoms with Gasteiger partial charge in [0.25, 0.3) is 0 Å². The summed E-state index contributed by atoms with van der Waals surface area (Å²) in [6, 6.07) is 11.1. The quantitative estimate of drug-likeness (QED) is 0.640. The minimum atomic E-state index is -3.72. The highest BCUT2D eigenvalue weighted by Crippen LogP contribution is 2.24. The topological polar surface area (TPSA) is 102 Å². The summed E-state index contributed by atoms with van der Waals surface area (Å²) in [5.74, 6) is 0.283. The number of benzene rings is 2. The highest BCUT2D eigenvalue weighted by molar-refractivity contribution is 7.89. The molecule has 0 fully saturated rings. The van der Waals surface area contributed by atoms with Crippen LogP contribution in [-0.4, -0.2) is 36.5 Å². The van der Waals surface area contributed by atoms with Crippen LogP contribution in [0.5, 0.6) is 5.75 Å². The van der Waals surface area contributed by atoms with Gasteiger partial charge in [-0.15, -0.1) is 0 Å². The molecule has 0 aliphatic heterocycles. The number of hydrogen-bond acceptors (Lipinski definition) is 5. The van der Waals surface area contributed by atoms with Crippen LogP contribution in [0.1, 0.15) is 25.0 Å². The van der Waals surface area contributed by atoms with Crippen molar-refractivity contribution in [3.8, 4) is 5.75 Å². The number of rotatable bonds is 9. The van der Waals surface area contributed by atoms with Gasteiger partial charge < -0.3 is 4.74 Å². The van der Waals surface area contributed by atoms with Crippen LogP contribution in [0, 0.1) is 6.92 Å². The molecule has 0 radical (unpaired) electrons. The molecular weight excluding hydrogens is 400 g/mol. The molecule has 0 bridgehead atoms. The normalized spacial score (nSPS) is 12.3. The van der Waals surface area contributed by atoms with Crippen LogP contribution < -0.4 is 14.2 Å². The molecule has 28 heavy (non-hydrogen) atoms. The largest absolute Gasteiger partial charge is 0.495 e. The fraction of sp³-hybridized carbons (Fsp3) is 0.368. The summed E-state index contributed by atoms with van der Waals surface area (Å²) < 4.78 is 59.6. The molecule has 2 aromatic rings. The second-order valence-electron chi connectivity index (χ2n) is 6.72. The highest BCUT2D eigenvalue weighted by Gasteiger charge is 2.19. The molecule has 2 N–H and O–H groups in total. The number of hydrogen-bond donors (Lipinski definition) is 2. The van der Waals surface area contributed by atoms with E-state index in [2.05, 4.69) is 9.44 Å². The number of nitrogens with one attached hydrogen (secondary N) is 2. The van der Waals surface area contributed by atoms with Crippen molar-refractivity contribution in [2.75, 3.05) is 13.7 Å². The Balaban J connectivity index is 2.04. The average Bonchev–Trinajstić information content (AvgIpc) is 2.61. The molecule has 0 aliphatic carbocycles. The van der Waals surface area contributed by atoms with Gasteiger partial charge in [-0.05, 0) is 62.6 Å². The van der Waals surface area contributed by atoms with Crippen molar-refractivity contribution in [2.24, 2.45) is 0 Å². The summed E-state index contributed by atoms with van der Waals surface area (Å²) in [6.07, 6.45) is 0.422. The fourth-order valence-electron chi connectivity index (χ4n) is 2.62. The Morgan fingerprint density at radius 3 is 2.18 bits per heavy atom. The second kappa shape index (κ2) is 9.04. The van der Waals surface area contributed by atoms with E-state index in [1.165, 1.54) is 19.2 Å². The molecule has 0 unspecified atom stereocenters. The first kappa shape index (κ1) is 22.4. The van der Waals surface area contributed by atoms with Gasteiger partial charge in [0.1, 0.15) is 10.6 Å². The number of methoxy groups -OCH3 is 1. The van der Waals surface area contributed by atoms with E-state index in [-0.39, 0.29) is 28.1 Å². The van der Waals surface area contributed by atoms with Crippen molar-refractivity contribution in [1.82, 2.24) is 9.44 Å². The van der Waals surface area contributed by atoms with Crippen LogP contribution in [0.25, 0.3) is 0 Å². The summed E-state index contributed by atoms with van der Waals surface area (Å²) in [7, 11) is -5.84. The van der Waals surface area contributed by atoms with E-state index in [0.29, 0.717) is 6.42 Å². The molecule has 0 aromatic heterocycles. The van der Waals surface area contributed by atoms with Gasteiger partial charge in [0.15, 0.2) is 0 Å². The molecule has 2 rings (SSSR count). The average molecular weight is 427 g/mol. The van der Waals surface area contributed by atoms with Crippen molar-refractivity contribution in [3.63, 3.8) is 0 Å². The van der Waals surface area contributed by atoms with Crippen LogP contribution in [-0.2, 0) is 26.5 Å². The van der Waals surface area contributed by atoms with Crippen molar-refractivity contribution >= 4 is 20.0 Å². The van der Waals surface area contributed by atoms with Gasteiger partial charge >= 0.3 is 0 Å². The van der Waals surface area contributed by atoms with E-state index in [0.717, 1.165) is 11.1 Å². The smallest absolute Gasteiger partial charge is 0.244 e. The van der Waals surface area contributed by atoms with E-state index >= 15 is 0 Å². The molecule has 0 heterocycles. The fourth-order valence-corrected chi connectivity index (χ4v) is 5.15. The summed E-state index contributed by atoms with van der Waals surface area (Å²) in [5.41, 5.74) is 1.63. The first-order chi connectivity index (χ1) is 13.0. The van der Waals surface area contributed by atoms with E-state index in [1.807, 2.05) is 6.92 Å². The third kappa shape index (κ3) is 5.78. The van der Waals surface area contributed by atoms with Crippen LogP contribution >= 0.6 is 0 Å². The first-order valence-electron chi connectivity index (χ1n) is 8.81. The lowest BCUT2D eigenvalue weighted by Gasteiger charge is -2.12. The zero-order valence-electron chi connectivity index (χ0n) is 16.4. The van der Waals surface area contributed by atoms with Gasteiger partial charge in [0.05, 0.1) is 12.0 Å². The van der Waals surface area contributed by atoms with E-state index in [4.69, 9.17) is 4.74 Å². The van der Waals surface area contributed by atoms with E-state index < -0.39 is 20.0 Å². The number of sulfonamides is 2. The monoisotopic (exact) mass is 426 g/mol. The Bertz CT molecular complexity index is 1010. The summed E-state index contributed by atoms with van der Waals surface area (Å²) in [5, 5.41) is 0. The van der Waals surface area contributed by atoms with Gasteiger partial charge in [-0.1, -0.05) is 18.2 Å². The lowest BCUT2D eigenvalue weighted by molar-refractivity contribution is 0.402. The van der Waals surface area contributed by atoms with Crippen molar-refractivity contribution in [2.45, 2.75) is 43.0 Å². The summed E-state index contributed by atoms with van der Waals surface area (Å²) in [6.45, 7) is 5.49. The van der Waals surface area contributed by atoms with Gasteiger partial charge in [0.2, 0.25) is 20.0 Å². The van der Waals surface area contributed by atoms with Crippen LogP contribution in [0.15, 0.2) is 52.3 Å². The van der Waals surface area contributed by atoms with Crippen molar-refractivity contribution in [1.29, 1.82) is 0 Å². The Morgan fingerprint density at radius 2 is 1.61 bits per heavy atom. The minimum absolute atomic E-state index is 0.0937. The molecular formula is C19H26N2O5S2. The van der Waals surface area contributed by atoms with Crippen molar-refractivity contribution < 1.29 is 21.6 Å². The van der Waals surface area contributed by atoms with Gasteiger partial charge in [-0.2, -0.15) is 0 Å². The zero-order valence-corrected chi connectivity index (χ0v) is 18.0.